The van der Waals surface area contributed by atoms with E-state index in [1.54, 1.807) is 7.11 Å². The molecule has 1 aromatic carbocycles. The smallest absolute Gasteiger partial charge is 0.239 e. The molecule has 100 valence electrons. The lowest BCUT2D eigenvalue weighted by molar-refractivity contribution is -0.120. The number of rotatable bonds is 6. The Morgan fingerprint density at radius 1 is 1.50 bits per heavy atom. The van der Waals surface area contributed by atoms with Gasteiger partial charge in [0.05, 0.1) is 18.1 Å². The normalized spacial score (nSPS) is 11.8. The monoisotopic (exact) mass is 314 g/mol. The Labute approximate surface area is 116 Å². The first-order valence-electron chi connectivity index (χ1n) is 5.93. The molecular formula is C13H19BrN2O2. The number of methoxy groups -OCH3 is 1. The molecule has 0 heterocycles. The third-order valence-corrected chi connectivity index (χ3v) is 3.24. The Bertz CT molecular complexity index is 410. The van der Waals surface area contributed by atoms with Gasteiger partial charge in [0.25, 0.3) is 0 Å². The van der Waals surface area contributed by atoms with Crippen LogP contribution in [-0.4, -0.2) is 25.6 Å². The average molecular weight is 315 g/mol. The minimum Gasteiger partial charge on any atom is -0.496 e. The van der Waals surface area contributed by atoms with Gasteiger partial charge in [-0.15, -0.1) is 0 Å². The molecule has 0 fully saturated rings. The highest BCUT2D eigenvalue weighted by Crippen LogP contribution is 2.27. The Balaban J connectivity index is 2.48. The van der Waals surface area contributed by atoms with Crippen molar-refractivity contribution in [1.29, 1.82) is 0 Å². The number of ether oxygens (including phenoxy) is 1. The first kappa shape index (κ1) is 14.8. The minimum atomic E-state index is -0.00343. The number of hydrogen-bond donors (Lipinski definition) is 2. The van der Waals surface area contributed by atoms with Gasteiger partial charge in [-0.05, 0) is 47.5 Å². The maximum Gasteiger partial charge on any atom is 0.239 e. The number of carbonyl (C=O) groups excluding carboxylic acids is 1. The van der Waals surface area contributed by atoms with Gasteiger partial charge < -0.3 is 15.4 Å². The molecule has 0 saturated carbocycles. The number of halogens is 1. The Morgan fingerprint density at radius 2 is 2.22 bits per heavy atom. The second-order valence-electron chi connectivity index (χ2n) is 4.08. The molecular weight excluding hydrogens is 296 g/mol. The van der Waals surface area contributed by atoms with Crippen LogP contribution in [0.3, 0.4) is 0 Å². The Hall–Kier alpha value is -1.23. The van der Waals surface area contributed by atoms with Gasteiger partial charge in [-0.2, -0.15) is 0 Å². The summed E-state index contributed by atoms with van der Waals surface area (Å²) in [5.74, 6) is 0.765. The zero-order valence-corrected chi connectivity index (χ0v) is 12.5. The van der Waals surface area contributed by atoms with E-state index in [-0.39, 0.29) is 18.5 Å². The summed E-state index contributed by atoms with van der Waals surface area (Å²) in [6.07, 6.45) is 0.930. The molecule has 1 amide bonds. The average Bonchev–Trinajstić information content (AvgIpc) is 2.36. The summed E-state index contributed by atoms with van der Waals surface area (Å²) in [4.78, 5) is 11.6. The predicted octanol–water partition coefficient (Wildman–Crippen LogP) is 2.78. The number of anilines is 1. The molecule has 0 bridgehead atoms. The molecule has 1 unspecified atom stereocenters. The highest BCUT2D eigenvalue weighted by Gasteiger charge is 2.06. The summed E-state index contributed by atoms with van der Waals surface area (Å²) in [7, 11) is 1.62. The van der Waals surface area contributed by atoms with Crippen molar-refractivity contribution in [3.63, 3.8) is 0 Å². The van der Waals surface area contributed by atoms with Crippen molar-refractivity contribution in [2.75, 3.05) is 19.0 Å². The fourth-order valence-corrected chi connectivity index (χ4v) is 1.93. The molecule has 2 N–H and O–H groups in total. The van der Waals surface area contributed by atoms with Crippen LogP contribution in [-0.2, 0) is 4.79 Å². The SMILES string of the molecule is CCC(C)NC(=O)CNc1ccc(OC)c(Br)c1. The van der Waals surface area contributed by atoms with Crippen molar-refractivity contribution < 1.29 is 9.53 Å². The van der Waals surface area contributed by atoms with E-state index in [1.807, 2.05) is 32.0 Å². The van der Waals surface area contributed by atoms with E-state index in [2.05, 4.69) is 26.6 Å². The van der Waals surface area contributed by atoms with Crippen LogP contribution < -0.4 is 15.4 Å². The van der Waals surface area contributed by atoms with Gasteiger partial charge in [-0.25, -0.2) is 0 Å². The number of hydrogen-bond acceptors (Lipinski definition) is 3. The third kappa shape index (κ3) is 4.56. The fourth-order valence-electron chi connectivity index (χ4n) is 1.39. The van der Waals surface area contributed by atoms with Crippen molar-refractivity contribution in [2.45, 2.75) is 26.3 Å². The lowest BCUT2D eigenvalue weighted by atomic mass is 10.2. The van der Waals surface area contributed by atoms with Crippen molar-refractivity contribution in [2.24, 2.45) is 0 Å². The molecule has 5 heteroatoms. The quantitative estimate of drug-likeness (QED) is 0.849. The van der Waals surface area contributed by atoms with Crippen molar-refractivity contribution in [3.8, 4) is 5.75 Å². The molecule has 1 atom stereocenters. The van der Waals surface area contributed by atoms with E-state index in [9.17, 15) is 4.79 Å². The molecule has 0 aliphatic carbocycles. The van der Waals surface area contributed by atoms with Crippen LogP contribution in [0.15, 0.2) is 22.7 Å². The fraction of sp³-hybridized carbons (Fsp3) is 0.462. The number of nitrogens with one attached hydrogen (secondary N) is 2. The highest BCUT2D eigenvalue weighted by molar-refractivity contribution is 9.10. The molecule has 1 aromatic rings. The number of benzene rings is 1. The van der Waals surface area contributed by atoms with Crippen molar-refractivity contribution in [3.05, 3.63) is 22.7 Å². The van der Waals surface area contributed by atoms with E-state index in [0.717, 1.165) is 22.3 Å². The minimum absolute atomic E-state index is 0.00343. The molecule has 0 aromatic heterocycles. The summed E-state index contributed by atoms with van der Waals surface area (Å²) in [6.45, 7) is 4.30. The van der Waals surface area contributed by atoms with Crippen LogP contribution in [0.5, 0.6) is 5.75 Å². The highest BCUT2D eigenvalue weighted by atomic mass is 79.9. The largest absolute Gasteiger partial charge is 0.496 e. The zero-order chi connectivity index (χ0) is 13.5. The number of amides is 1. The molecule has 18 heavy (non-hydrogen) atoms. The van der Waals surface area contributed by atoms with Crippen LogP contribution in [0, 0.1) is 0 Å². The summed E-state index contributed by atoms with van der Waals surface area (Å²) in [5.41, 5.74) is 0.877. The van der Waals surface area contributed by atoms with Crippen molar-refractivity contribution >= 4 is 27.5 Å². The summed E-state index contributed by atoms with van der Waals surface area (Å²) in [6, 6.07) is 5.82. The van der Waals surface area contributed by atoms with Gasteiger partial charge >= 0.3 is 0 Å². The van der Waals surface area contributed by atoms with Crippen LogP contribution >= 0.6 is 15.9 Å². The van der Waals surface area contributed by atoms with E-state index < -0.39 is 0 Å². The second-order valence-corrected chi connectivity index (χ2v) is 4.93. The van der Waals surface area contributed by atoms with Gasteiger partial charge in [0, 0.05) is 11.7 Å². The second kappa shape index (κ2) is 7.26. The first-order chi connectivity index (χ1) is 8.56. The van der Waals surface area contributed by atoms with E-state index in [0.29, 0.717) is 0 Å². The van der Waals surface area contributed by atoms with Crippen LogP contribution in [0.25, 0.3) is 0 Å². The van der Waals surface area contributed by atoms with Crippen LogP contribution in [0.1, 0.15) is 20.3 Å². The molecule has 0 aliphatic heterocycles. The maximum atomic E-state index is 11.6. The Kier molecular flexibility index (Phi) is 5.98. The Morgan fingerprint density at radius 3 is 2.78 bits per heavy atom. The van der Waals surface area contributed by atoms with Crippen LogP contribution in [0.4, 0.5) is 5.69 Å². The lowest BCUT2D eigenvalue weighted by Crippen LogP contribution is -2.36. The van der Waals surface area contributed by atoms with Crippen LogP contribution in [0.2, 0.25) is 0 Å². The molecule has 1 rings (SSSR count). The zero-order valence-electron chi connectivity index (χ0n) is 10.9. The van der Waals surface area contributed by atoms with Gasteiger partial charge in [0.1, 0.15) is 5.75 Å². The molecule has 0 spiro atoms. The van der Waals surface area contributed by atoms with Gasteiger partial charge in [-0.1, -0.05) is 6.92 Å². The summed E-state index contributed by atoms with van der Waals surface area (Å²) >= 11 is 3.40. The molecule has 0 radical (unpaired) electrons. The number of carbonyl (C=O) groups is 1. The standard InChI is InChI=1S/C13H19BrN2O2/c1-4-9(2)16-13(17)8-15-10-5-6-12(18-3)11(14)7-10/h5-7,9,15H,4,8H2,1-3H3,(H,16,17). The summed E-state index contributed by atoms with van der Waals surface area (Å²) < 4.78 is 6.00. The first-order valence-corrected chi connectivity index (χ1v) is 6.72. The van der Waals surface area contributed by atoms with E-state index in [1.165, 1.54) is 0 Å². The maximum absolute atomic E-state index is 11.6. The molecule has 0 saturated heterocycles. The third-order valence-electron chi connectivity index (χ3n) is 2.62. The molecule has 4 nitrogen and oxygen atoms in total. The van der Waals surface area contributed by atoms with E-state index in [4.69, 9.17) is 4.74 Å². The van der Waals surface area contributed by atoms with Gasteiger partial charge in [0.2, 0.25) is 5.91 Å². The van der Waals surface area contributed by atoms with Gasteiger partial charge in [-0.3, -0.25) is 4.79 Å². The lowest BCUT2D eigenvalue weighted by Gasteiger charge is -2.13. The van der Waals surface area contributed by atoms with Crippen molar-refractivity contribution in [1.82, 2.24) is 5.32 Å². The summed E-state index contributed by atoms with van der Waals surface area (Å²) in [5, 5.41) is 5.97. The topological polar surface area (TPSA) is 50.4 Å². The van der Waals surface area contributed by atoms with E-state index >= 15 is 0 Å². The molecule has 0 aliphatic rings. The predicted molar refractivity (Wildman–Crippen MR) is 77.1 cm³/mol. The van der Waals surface area contributed by atoms with Gasteiger partial charge in [0.15, 0.2) is 0 Å².